The van der Waals surface area contributed by atoms with E-state index in [-0.39, 0.29) is 43.7 Å². The van der Waals surface area contributed by atoms with Crippen LogP contribution in [0.2, 0.25) is 0 Å². The minimum atomic E-state index is -2.11. The van der Waals surface area contributed by atoms with Crippen molar-refractivity contribution in [1.29, 1.82) is 0 Å². The molecule has 1 aliphatic rings. The van der Waals surface area contributed by atoms with E-state index in [1.807, 2.05) is 0 Å². The molecule has 12 nitrogen and oxygen atoms in total. The third kappa shape index (κ3) is 7.76. The fourth-order valence-corrected chi connectivity index (χ4v) is 3.86. The lowest BCUT2D eigenvalue weighted by atomic mass is 9.90. The molecule has 0 aliphatic carbocycles. The Morgan fingerprint density at radius 3 is 2.39 bits per heavy atom. The Kier molecular flexibility index (Phi) is 13.4. The molecule has 4 amide bonds. The number of hydrogen-bond acceptors (Lipinski definition) is 8. The number of alkyl halides is 1. The van der Waals surface area contributed by atoms with Gasteiger partial charge in [-0.25, -0.2) is 0 Å². The van der Waals surface area contributed by atoms with Crippen LogP contribution in [-0.2, 0) is 19.2 Å². The van der Waals surface area contributed by atoms with Gasteiger partial charge in [0.2, 0.25) is 11.8 Å². The van der Waals surface area contributed by atoms with Gasteiger partial charge in [0.1, 0.15) is 12.1 Å². The molecular weight excluding hydrogens is 477 g/mol. The number of nitrogens with zero attached hydrogens (tertiary/aromatic N) is 3. The summed E-state index contributed by atoms with van der Waals surface area (Å²) in [7, 11) is 0. The van der Waals surface area contributed by atoms with Crippen LogP contribution in [-0.4, -0.2) is 76.7 Å². The number of carbonyl (C=O) groups excluding carboxylic acids is 4. The van der Waals surface area contributed by atoms with Crippen molar-refractivity contribution in [2.75, 3.05) is 25.5 Å². The number of halogens is 2. The molecule has 1 rings (SSSR count). The summed E-state index contributed by atoms with van der Waals surface area (Å²) >= 11 is 5.63. The molecule has 14 heteroatoms. The summed E-state index contributed by atoms with van der Waals surface area (Å²) in [6.07, 6.45) is 1.58. The SMILES string of the molecule is CC(C)[C@H](NC(=O)[C@@H]1CCCN1C(=O)[C@@](N)(CCCCN)C(=O)N(CCCl)N=O)C(N)=O.Cl. The zero-order chi connectivity index (χ0) is 24.5. The highest BCUT2D eigenvalue weighted by molar-refractivity contribution is 6.18. The lowest BCUT2D eigenvalue weighted by Crippen LogP contribution is -2.66. The average Bonchev–Trinajstić information content (AvgIpc) is 3.24. The second-order valence-corrected chi connectivity index (χ2v) is 8.58. The Bertz CT molecular complexity index is 712. The number of carbonyl (C=O) groups is 4. The molecule has 1 heterocycles. The van der Waals surface area contributed by atoms with Gasteiger partial charge in [-0.05, 0) is 44.6 Å². The van der Waals surface area contributed by atoms with E-state index in [0.717, 1.165) is 0 Å². The highest BCUT2D eigenvalue weighted by Gasteiger charge is 2.50. The highest BCUT2D eigenvalue weighted by atomic mass is 35.5. The van der Waals surface area contributed by atoms with Crippen LogP contribution in [0, 0.1) is 10.8 Å². The quantitative estimate of drug-likeness (QED) is 0.0847. The standard InChI is InChI=1S/C19H34ClN7O5.ClH/c1-12(2)14(15(22)28)24-16(29)13-6-5-10-26(13)17(30)19(23,7-3-4-9-21)18(31)27(25-32)11-8-20;/h12-14H,3-11,21,23H2,1-2H3,(H2,22,28)(H,24,29);1H/t13-,14-,19-;/m0./s1. The van der Waals surface area contributed by atoms with Crippen LogP contribution in [0.1, 0.15) is 46.0 Å². The van der Waals surface area contributed by atoms with Gasteiger partial charge in [0, 0.05) is 12.4 Å². The minimum absolute atomic E-state index is 0. The van der Waals surface area contributed by atoms with Gasteiger partial charge in [-0.3, -0.25) is 19.2 Å². The molecule has 0 spiro atoms. The number of primary amides is 1. The first-order chi connectivity index (χ1) is 15.0. The van der Waals surface area contributed by atoms with E-state index in [4.69, 9.17) is 28.8 Å². The Morgan fingerprint density at radius 2 is 1.91 bits per heavy atom. The number of nitrogens with one attached hydrogen (secondary N) is 1. The van der Waals surface area contributed by atoms with Gasteiger partial charge in [-0.2, -0.15) is 5.01 Å². The Hall–Kier alpha value is -2.02. The molecule has 0 aromatic carbocycles. The van der Waals surface area contributed by atoms with E-state index in [1.54, 1.807) is 13.8 Å². The number of hydrogen-bond donors (Lipinski definition) is 4. The molecule has 0 aromatic heterocycles. The number of likely N-dealkylation sites (tertiary alicyclic amines) is 1. The van der Waals surface area contributed by atoms with Crippen molar-refractivity contribution in [3.63, 3.8) is 0 Å². The maximum absolute atomic E-state index is 13.5. The van der Waals surface area contributed by atoms with Crippen molar-refractivity contribution in [3.05, 3.63) is 4.91 Å². The first-order valence-electron chi connectivity index (χ1n) is 10.7. The van der Waals surface area contributed by atoms with Crippen LogP contribution in [0.15, 0.2) is 5.29 Å². The number of amides is 4. The topological polar surface area (TPSA) is 194 Å². The van der Waals surface area contributed by atoms with Crippen molar-refractivity contribution in [1.82, 2.24) is 15.2 Å². The number of nitroso groups, excluding NO2 is 1. The summed E-state index contributed by atoms with van der Waals surface area (Å²) in [6.45, 7) is 3.76. The molecule has 1 fully saturated rings. The third-order valence-corrected chi connectivity index (χ3v) is 5.67. The molecule has 0 saturated carbocycles. The van der Waals surface area contributed by atoms with Crippen LogP contribution in [0.25, 0.3) is 0 Å². The van der Waals surface area contributed by atoms with E-state index in [9.17, 15) is 24.1 Å². The lowest BCUT2D eigenvalue weighted by Gasteiger charge is -2.35. The lowest BCUT2D eigenvalue weighted by molar-refractivity contribution is -0.152. The molecule has 190 valence electrons. The van der Waals surface area contributed by atoms with E-state index in [0.29, 0.717) is 37.2 Å². The fourth-order valence-electron chi connectivity index (χ4n) is 3.70. The molecule has 0 unspecified atom stereocenters. The van der Waals surface area contributed by atoms with Crippen molar-refractivity contribution in [2.45, 2.75) is 63.6 Å². The monoisotopic (exact) mass is 511 g/mol. The molecule has 0 bridgehead atoms. The van der Waals surface area contributed by atoms with Crippen molar-refractivity contribution < 1.29 is 19.2 Å². The van der Waals surface area contributed by atoms with Gasteiger partial charge in [-0.15, -0.1) is 28.9 Å². The summed E-state index contributed by atoms with van der Waals surface area (Å²) in [5.41, 5.74) is 15.1. The first kappa shape index (κ1) is 31.0. The Morgan fingerprint density at radius 1 is 1.27 bits per heavy atom. The average molecular weight is 512 g/mol. The van der Waals surface area contributed by atoms with Crippen LogP contribution in [0.4, 0.5) is 0 Å². The fraction of sp³-hybridized carbons (Fsp3) is 0.789. The minimum Gasteiger partial charge on any atom is -0.368 e. The zero-order valence-corrected chi connectivity index (χ0v) is 20.6. The van der Waals surface area contributed by atoms with Crippen molar-refractivity contribution >= 4 is 47.6 Å². The molecular formula is C19H35Cl2N7O5. The van der Waals surface area contributed by atoms with E-state index >= 15 is 0 Å². The number of nitrogens with two attached hydrogens (primary N) is 3. The van der Waals surface area contributed by atoms with Gasteiger partial charge < -0.3 is 27.4 Å². The van der Waals surface area contributed by atoms with E-state index in [1.165, 1.54) is 4.90 Å². The normalized spacial score (nSPS) is 18.1. The second kappa shape index (κ2) is 14.3. The van der Waals surface area contributed by atoms with Gasteiger partial charge in [0.15, 0.2) is 5.54 Å². The smallest absolute Gasteiger partial charge is 0.275 e. The molecule has 1 saturated heterocycles. The molecule has 3 atom stereocenters. The van der Waals surface area contributed by atoms with Gasteiger partial charge in [0.25, 0.3) is 11.8 Å². The molecule has 33 heavy (non-hydrogen) atoms. The third-order valence-electron chi connectivity index (χ3n) is 5.51. The van der Waals surface area contributed by atoms with Gasteiger partial charge >= 0.3 is 0 Å². The van der Waals surface area contributed by atoms with Crippen LogP contribution >= 0.6 is 24.0 Å². The van der Waals surface area contributed by atoms with Crippen LogP contribution in [0.5, 0.6) is 0 Å². The predicted molar refractivity (Wildman–Crippen MR) is 126 cm³/mol. The molecule has 0 radical (unpaired) electrons. The first-order valence-corrected chi connectivity index (χ1v) is 11.2. The van der Waals surface area contributed by atoms with Crippen molar-refractivity contribution in [3.8, 4) is 0 Å². The van der Waals surface area contributed by atoms with Crippen LogP contribution < -0.4 is 22.5 Å². The van der Waals surface area contributed by atoms with Crippen LogP contribution in [0.3, 0.4) is 0 Å². The van der Waals surface area contributed by atoms with Gasteiger partial charge in [-0.1, -0.05) is 13.8 Å². The molecule has 0 aromatic rings. The number of unbranched alkanes of at least 4 members (excludes halogenated alkanes) is 1. The predicted octanol–water partition coefficient (Wildman–Crippen LogP) is -0.399. The maximum Gasteiger partial charge on any atom is 0.275 e. The number of rotatable bonds is 13. The van der Waals surface area contributed by atoms with E-state index < -0.39 is 41.3 Å². The van der Waals surface area contributed by atoms with Gasteiger partial charge in [0.05, 0.1) is 11.8 Å². The Labute approximate surface area is 204 Å². The van der Waals surface area contributed by atoms with Crippen molar-refractivity contribution in [2.24, 2.45) is 28.4 Å². The highest BCUT2D eigenvalue weighted by Crippen LogP contribution is 2.26. The Balaban J connectivity index is 0.0000102. The maximum atomic E-state index is 13.5. The summed E-state index contributed by atoms with van der Waals surface area (Å²) in [4.78, 5) is 63.4. The summed E-state index contributed by atoms with van der Waals surface area (Å²) in [6, 6.07) is -1.84. The summed E-state index contributed by atoms with van der Waals surface area (Å²) in [5, 5.41) is 5.77. The van der Waals surface area contributed by atoms with E-state index in [2.05, 4.69) is 10.6 Å². The zero-order valence-electron chi connectivity index (χ0n) is 19.0. The summed E-state index contributed by atoms with van der Waals surface area (Å²) < 4.78 is 0. The molecule has 7 N–H and O–H groups in total. The summed E-state index contributed by atoms with van der Waals surface area (Å²) in [5.74, 6) is -3.36. The largest absolute Gasteiger partial charge is 0.368 e. The molecule has 1 aliphatic heterocycles. The second-order valence-electron chi connectivity index (χ2n) is 8.21.